The minimum Gasteiger partial charge on any atom is -0.489 e. The molecule has 3 amide bonds. The van der Waals surface area contributed by atoms with Gasteiger partial charge in [-0.3, -0.25) is 4.79 Å². The molecule has 1 unspecified atom stereocenters. The SMILES string of the molecule is COC(=O)c1ccc(COc2ccc(C3NC(=O)NC(C)=C3C(=O)N(C)C)cc2)cc1. The number of methoxy groups -OCH3 is 1. The number of carbonyl (C=O) groups is 3. The Labute approximate surface area is 180 Å². The maximum absolute atomic E-state index is 12.6. The molecular formula is C23H25N3O5. The third-order valence-electron chi connectivity index (χ3n) is 4.90. The molecule has 1 aliphatic heterocycles. The van der Waals surface area contributed by atoms with Crippen LogP contribution in [0.25, 0.3) is 0 Å². The standard InChI is InChI=1S/C23H25N3O5/c1-14-19(21(27)26(2)3)20(25-23(29)24-14)16-9-11-18(12-10-16)31-13-15-5-7-17(8-6-15)22(28)30-4/h5-12,20H,13H2,1-4H3,(H2,24,25,29). The van der Waals surface area contributed by atoms with Crippen LogP contribution >= 0.6 is 0 Å². The zero-order chi connectivity index (χ0) is 22.5. The number of hydrogen-bond donors (Lipinski definition) is 2. The first kappa shape index (κ1) is 21.9. The summed E-state index contributed by atoms with van der Waals surface area (Å²) >= 11 is 0. The molecule has 1 aliphatic rings. The van der Waals surface area contributed by atoms with Gasteiger partial charge >= 0.3 is 12.0 Å². The number of esters is 1. The highest BCUT2D eigenvalue weighted by atomic mass is 16.5. The quantitative estimate of drug-likeness (QED) is 0.697. The van der Waals surface area contributed by atoms with Gasteiger partial charge in [0, 0.05) is 19.8 Å². The Morgan fingerprint density at radius 1 is 1.03 bits per heavy atom. The van der Waals surface area contributed by atoms with E-state index in [1.807, 2.05) is 12.1 Å². The first-order valence-electron chi connectivity index (χ1n) is 9.70. The molecule has 0 spiro atoms. The molecule has 0 bridgehead atoms. The van der Waals surface area contributed by atoms with E-state index in [1.165, 1.54) is 12.0 Å². The highest BCUT2D eigenvalue weighted by Gasteiger charge is 2.31. The van der Waals surface area contributed by atoms with E-state index in [0.717, 1.165) is 11.1 Å². The number of hydrogen-bond acceptors (Lipinski definition) is 5. The molecule has 1 atom stereocenters. The van der Waals surface area contributed by atoms with Gasteiger partial charge in [-0.15, -0.1) is 0 Å². The van der Waals surface area contributed by atoms with E-state index in [0.29, 0.717) is 29.2 Å². The van der Waals surface area contributed by atoms with Crippen molar-refractivity contribution in [3.63, 3.8) is 0 Å². The van der Waals surface area contributed by atoms with Crippen molar-refractivity contribution in [1.29, 1.82) is 0 Å². The minimum absolute atomic E-state index is 0.175. The molecule has 8 nitrogen and oxygen atoms in total. The second-order valence-corrected chi connectivity index (χ2v) is 7.32. The van der Waals surface area contributed by atoms with Crippen molar-refractivity contribution in [3.8, 4) is 5.75 Å². The summed E-state index contributed by atoms with van der Waals surface area (Å²) in [7, 11) is 4.68. The maximum atomic E-state index is 12.6. The van der Waals surface area contributed by atoms with Crippen molar-refractivity contribution in [1.82, 2.24) is 15.5 Å². The van der Waals surface area contributed by atoms with Gasteiger partial charge < -0.3 is 25.0 Å². The summed E-state index contributed by atoms with van der Waals surface area (Å²) in [6, 6.07) is 13.3. The fourth-order valence-electron chi connectivity index (χ4n) is 3.25. The molecule has 2 N–H and O–H groups in total. The highest BCUT2D eigenvalue weighted by molar-refractivity contribution is 5.98. The largest absolute Gasteiger partial charge is 0.489 e. The Morgan fingerprint density at radius 2 is 1.68 bits per heavy atom. The van der Waals surface area contributed by atoms with Crippen LogP contribution in [0.4, 0.5) is 4.79 Å². The van der Waals surface area contributed by atoms with E-state index in [9.17, 15) is 14.4 Å². The molecule has 0 fully saturated rings. The lowest BCUT2D eigenvalue weighted by atomic mass is 9.94. The summed E-state index contributed by atoms with van der Waals surface area (Å²) in [4.78, 5) is 37.6. The van der Waals surface area contributed by atoms with Gasteiger partial charge in [0.25, 0.3) is 5.91 Å². The molecule has 8 heteroatoms. The number of carbonyl (C=O) groups excluding carboxylic acids is 3. The van der Waals surface area contributed by atoms with E-state index >= 15 is 0 Å². The molecule has 3 rings (SSSR count). The van der Waals surface area contributed by atoms with Gasteiger partial charge in [0.1, 0.15) is 12.4 Å². The Balaban J connectivity index is 1.71. The summed E-state index contributed by atoms with van der Waals surface area (Å²) in [5.41, 5.74) is 3.17. The number of nitrogens with one attached hydrogen (secondary N) is 2. The van der Waals surface area contributed by atoms with Gasteiger partial charge in [-0.2, -0.15) is 0 Å². The molecule has 162 valence electrons. The molecule has 2 aromatic rings. The zero-order valence-corrected chi connectivity index (χ0v) is 17.9. The van der Waals surface area contributed by atoms with E-state index in [4.69, 9.17) is 4.74 Å². The Bertz CT molecular complexity index is 1010. The first-order valence-corrected chi connectivity index (χ1v) is 9.70. The maximum Gasteiger partial charge on any atom is 0.337 e. The number of allylic oxidation sites excluding steroid dienone is 1. The predicted octanol–water partition coefficient (Wildman–Crippen LogP) is 2.77. The lowest BCUT2D eigenvalue weighted by Gasteiger charge is -2.30. The van der Waals surface area contributed by atoms with E-state index in [2.05, 4.69) is 15.4 Å². The Morgan fingerprint density at radius 3 is 2.26 bits per heavy atom. The average molecular weight is 423 g/mol. The van der Waals surface area contributed by atoms with Gasteiger partial charge in [-0.1, -0.05) is 24.3 Å². The van der Waals surface area contributed by atoms with Crippen molar-refractivity contribution >= 4 is 17.9 Å². The lowest BCUT2D eigenvalue weighted by Crippen LogP contribution is -2.46. The van der Waals surface area contributed by atoms with Crippen LogP contribution in [0.5, 0.6) is 5.75 Å². The fraction of sp³-hybridized carbons (Fsp3) is 0.261. The number of amides is 3. The third kappa shape index (κ3) is 5.03. The molecule has 0 aliphatic carbocycles. The molecule has 2 aromatic carbocycles. The van der Waals surface area contributed by atoms with Crippen molar-refractivity contribution in [2.45, 2.75) is 19.6 Å². The van der Waals surface area contributed by atoms with Crippen molar-refractivity contribution in [2.75, 3.05) is 21.2 Å². The van der Waals surface area contributed by atoms with E-state index in [-0.39, 0.29) is 17.9 Å². The zero-order valence-electron chi connectivity index (χ0n) is 17.9. The molecule has 0 radical (unpaired) electrons. The van der Waals surface area contributed by atoms with Crippen LogP contribution in [0.3, 0.4) is 0 Å². The van der Waals surface area contributed by atoms with Gasteiger partial charge in [-0.25, -0.2) is 9.59 Å². The number of rotatable bonds is 6. The molecule has 0 saturated heterocycles. The lowest BCUT2D eigenvalue weighted by molar-refractivity contribution is -0.125. The molecule has 1 heterocycles. The summed E-state index contributed by atoms with van der Waals surface area (Å²) < 4.78 is 10.5. The highest BCUT2D eigenvalue weighted by Crippen LogP contribution is 2.29. The van der Waals surface area contributed by atoms with Crippen LogP contribution in [0.1, 0.15) is 34.5 Å². The number of likely N-dealkylation sites (N-methyl/N-ethyl adjacent to an activating group) is 1. The van der Waals surface area contributed by atoms with Crippen LogP contribution in [0.15, 0.2) is 59.8 Å². The number of nitrogens with zero attached hydrogens (tertiary/aromatic N) is 1. The van der Waals surface area contributed by atoms with Gasteiger partial charge in [0.2, 0.25) is 0 Å². The van der Waals surface area contributed by atoms with E-state index in [1.54, 1.807) is 57.4 Å². The van der Waals surface area contributed by atoms with E-state index < -0.39 is 6.04 Å². The molecule has 31 heavy (non-hydrogen) atoms. The minimum atomic E-state index is -0.552. The van der Waals surface area contributed by atoms with Crippen LogP contribution in [0, 0.1) is 0 Å². The van der Waals surface area contributed by atoms with Crippen molar-refractivity contribution in [3.05, 3.63) is 76.5 Å². The van der Waals surface area contributed by atoms with Gasteiger partial charge in [0.15, 0.2) is 0 Å². The van der Waals surface area contributed by atoms with Crippen LogP contribution in [-0.2, 0) is 16.1 Å². The topological polar surface area (TPSA) is 97.0 Å². The summed E-state index contributed by atoms with van der Waals surface area (Å²) in [5, 5.41) is 5.47. The smallest absolute Gasteiger partial charge is 0.337 e. The second kappa shape index (κ2) is 9.34. The fourth-order valence-corrected chi connectivity index (χ4v) is 3.25. The van der Waals surface area contributed by atoms with Crippen LogP contribution < -0.4 is 15.4 Å². The first-order chi connectivity index (χ1) is 14.8. The number of urea groups is 1. The molecule has 0 aromatic heterocycles. The summed E-state index contributed by atoms with van der Waals surface area (Å²) in [6.07, 6.45) is 0. The van der Waals surface area contributed by atoms with Crippen molar-refractivity contribution in [2.24, 2.45) is 0 Å². The number of benzene rings is 2. The predicted molar refractivity (Wildman–Crippen MR) is 114 cm³/mol. The van der Waals surface area contributed by atoms with Crippen molar-refractivity contribution < 1.29 is 23.9 Å². The van der Waals surface area contributed by atoms with Crippen LogP contribution in [-0.4, -0.2) is 44.0 Å². The Kier molecular flexibility index (Phi) is 6.59. The second-order valence-electron chi connectivity index (χ2n) is 7.32. The molecule has 0 saturated carbocycles. The molecular weight excluding hydrogens is 398 g/mol. The van der Waals surface area contributed by atoms with Gasteiger partial charge in [0.05, 0.1) is 24.3 Å². The third-order valence-corrected chi connectivity index (χ3v) is 4.90. The summed E-state index contributed by atoms with van der Waals surface area (Å²) in [6.45, 7) is 2.04. The average Bonchev–Trinajstić information content (AvgIpc) is 2.77. The van der Waals surface area contributed by atoms with Crippen LogP contribution in [0.2, 0.25) is 0 Å². The monoisotopic (exact) mass is 423 g/mol. The normalized spacial score (nSPS) is 15.6. The number of ether oxygens (including phenoxy) is 2. The van der Waals surface area contributed by atoms with Gasteiger partial charge in [-0.05, 0) is 42.3 Å². The summed E-state index contributed by atoms with van der Waals surface area (Å²) in [5.74, 6) is 0.0810. The Hall–Kier alpha value is -3.81.